The molecule has 0 aliphatic heterocycles. The van der Waals surface area contributed by atoms with Crippen molar-refractivity contribution in [1.82, 2.24) is 10.2 Å². The molecule has 1 atom stereocenters. The molecule has 14 heavy (non-hydrogen) atoms. The average Bonchev–Trinajstić information content (AvgIpc) is 2.08. The summed E-state index contributed by atoms with van der Waals surface area (Å²) < 4.78 is 0. The molecule has 1 rings (SSSR count). The molecular weight excluding hydrogens is 176 g/mol. The van der Waals surface area contributed by atoms with Crippen molar-refractivity contribution >= 4 is 0 Å². The van der Waals surface area contributed by atoms with E-state index < -0.39 is 0 Å². The molecule has 84 valence electrons. The average molecular weight is 200 g/mol. The van der Waals surface area contributed by atoms with Gasteiger partial charge in [0.1, 0.15) is 0 Å². The van der Waals surface area contributed by atoms with E-state index in [-0.39, 0.29) is 6.10 Å². The normalized spacial score (nSPS) is 22.1. The third kappa shape index (κ3) is 2.69. The molecule has 0 heterocycles. The Hall–Kier alpha value is -0.120. The Kier molecular flexibility index (Phi) is 4.35. The van der Waals surface area contributed by atoms with E-state index in [0.29, 0.717) is 5.54 Å². The Balaban J connectivity index is 2.22. The second kappa shape index (κ2) is 5.10. The van der Waals surface area contributed by atoms with Crippen LogP contribution < -0.4 is 5.32 Å². The lowest BCUT2D eigenvalue weighted by atomic mass is 9.75. The van der Waals surface area contributed by atoms with Crippen molar-refractivity contribution < 1.29 is 5.11 Å². The summed E-state index contributed by atoms with van der Waals surface area (Å²) in [4.78, 5) is 2.32. The standard InChI is InChI=1S/C11H24N2O/c1-4-10(14)8-12-9-11(13(2)3)6-5-7-11/h10,12,14H,4-9H2,1-3H3. The predicted molar refractivity (Wildman–Crippen MR) is 59.4 cm³/mol. The van der Waals surface area contributed by atoms with E-state index in [4.69, 9.17) is 0 Å². The van der Waals surface area contributed by atoms with Crippen LogP contribution >= 0.6 is 0 Å². The van der Waals surface area contributed by atoms with Gasteiger partial charge in [-0.05, 0) is 39.8 Å². The summed E-state index contributed by atoms with van der Waals surface area (Å²) in [6, 6.07) is 0. The molecule has 0 aromatic rings. The van der Waals surface area contributed by atoms with E-state index in [2.05, 4.69) is 24.3 Å². The van der Waals surface area contributed by atoms with E-state index in [1.54, 1.807) is 0 Å². The molecule has 3 nitrogen and oxygen atoms in total. The number of hydrogen-bond donors (Lipinski definition) is 2. The van der Waals surface area contributed by atoms with Gasteiger partial charge in [0.05, 0.1) is 6.10 Å². The topological polar surface area (TPSA) is 35.5 Å². The van der Waals surface area contributed by atoms with Gasteiger partial charge in [-0.2, -0.15) is 0 Å². The first-order valence-corrected chi connectivity index (χ1v) is 5.67. The first-order chi connectivity index (χ1) is 6.60. The highest BCUT2D eigenvalue weighted by Gasteiger charge is 2.38. The largest absolute Gasteiger partial charge is 0.392 e. The van der Waals surface area contributed by atoms with E-state index in [0.717, 1.165) is 19.5 Å². The first kappa shape index (κ1) is 12.0. The van der Waals surface area contributed by atoms with Gasteiger partial charge >= 0.3 is 0 Å². The molecule has 3 heteroatoms. The molecule has 0 aromatic carbocycles. The van der Waals surface area contributed by atoms with E-state index in [1.165, 1.54) is 19.3 Å². The van der Waals surface area contributed by atoms with Gasteiger partial charge in [-0.25, -0.2) is 0 Å². The van der Waals surface area contributed by atoms with Crippen LogP contribution in [0.15, 0.2) is 0 Å². The van der Waals surface area contributed by atoms with E-state index in [1.807, 2.05) is 6.92 Å². The minimum atomic E-state index is -0.186. The van der Waals surface area contributed by atoms with Crippen LogP contribution in [0.4, 0.5) is 0 Å². The van der Waals surface area contributed by atoms with Gasteiger partial charge in [0.25, 0.3) is 0 Å². The molecule has 1 aliphatic carbocycles. The van der Waals surface area contributed by atoms with Crippen LogP contribution in [0, 0.1) is 0 Å². The maximum Gasteiger partial charge on any atom is 0.0662 e. The lowest BCUT2D eigenvalue weighted by molar-refractivity contribution is 0.0554. The zero-order valence-electron chi connectivity index (χ0n) is 9.71. The SMILES string of the molecule is CCC(O)CNCC1(N(C)C)CCC1. The minimum Gasteiger partial charge on any atom is -0.392 e. The highest BCUT2D eigenvalue weighted by Crippen LogP contribution is 2.35. The van der Waals surface area contributed by atoms with E-state index >= 15 is 0 Å². The monoisotopic (exact) mass is 200 g/mol. The van der Waals surface area contributed by atoms with Crippen molar-refractivity contribution in [2.24, 2.45) is 0 Å². The lowest BCUT2D eigenvalue weighted by Gasteiger charge is -2.47. The molecule has 1 aliphatic rings. The molecule has 1 saturated carbocycles. The predicted octanol–water partition coefficient (Wildman–Crippen LogP) is 0.831. The first-order valence-electron chi connectivity index (χ1n) is 5.67. The van der Waals surface area contributed by atoms with Crippen molar-refractivity contribution in [2.75, 3.05) is 27.2 Å². The second-order valence-electron chi connectivity index (χ2n) is 4.67. The molecule has 0 amide bonds. The van der Waals surface area contributed by atoms with Gasteiger partial charge in [0.2, 0.25) is 0 Å². The van der Waals surface area contributed by atoms with Crippen LogP contribution in [-0.2, 0) is 0 Å². The summed E-state index contributed by atoms with van der Waals surface area (Å²) in [6.07, 6.45) is 4.57. The van der Waals surface area contributed by atoms with Gasteiger partial charge in [0.15, 0.2) is 0 Å². The van der Waals surface area contributed by atoms with Crippen LogP contribution in [0.25, 0.3) is 0 Å². The molecule has 0 aromatic heterocycles. The number of nitrogens with zero attached hydrogens (tertiary/aromatic N) is 1. The number of hydrogen-bond acceptors (Lipinski definition) is 3. The Morgan fingerprint density at radius 1 is 1.43 bits per heavy atom. The van der Waals surface area contributed by atoms with Crippen LogP contribution in [0.1, 0.15) is 32.6 Å². The second-order valence-corrected chi connectivity index (χ2v) is 4.67. The maximum atomic E-state index is 9.41. The van der Waals surface area contributed by atoms with Gasteiger partial charge in [-0.1, -0.05) is 6.92 Å². The van der Waals surface area contributed by atoms with Crippen LogP contribution in [0.3, 0.4) is 0 Å². The Labute approximate surface area is 87.5 Å². The third-order valence-corrected chi connectivity index (χ3v) is 3.54. The summed E-state index contributed by atoms with van der Waals surface area (Å²) in [6.45, 7) is 3.75. The number of rotatable bonds is 6. The number of aliphatic hydroxyl groups excluding tert-OH is 1. The van der Waals surface area contributed by atoms with Crippen molar-refractivity contribution in [1.29, 1.82) is 0 Å². The summed E-state index contributed by atoms with van der Waals surface area (Å²) in [5, 5.41) is 12.8. The zero-order chi connectivity index (χ0) is 10.6. The molecule has 0 radical (unpaired) electrons. The zero-order valence-corrected chi connectivity index (χ0v) is 9.71. The van der Waals surface area contributed by atoms with Crippen molar-refractivity contribution in [3.8, 4) is 0 Å². The summed E-state index contributed by atoms with van der Waals surface area (Å²) >= 11 is 0. The van der Waals surface area contributed by atoms with Crippen LogP contribution in [0.2, 0.25) is 0 Å². The van der Waals surface area contributed by atoms with Crippen molar-refractivity contribution in [3.05, 3.63) is 0 Å². The molecule has 0 saturated heterocycles. The number of aliphatic hydroxyl groups is 1. The van der Waals surface area contributed by atoms with Gasteiger partial charge < -0.3 is 15.3 Å². The van der Waals surface area contributed by atoms with Gasteiger partial charge in [-0.15, -0.1) is 0 Å². The minimum absolute atomic E-state index is 0.186. The molecular formula is C11H24N2O. The third-order valence-electron chi connectivity index (χ3n) is 3.54. The summed E-state index contributed by atoms with van der Waals surface area (Å²) in [5.74, 6) is 0. The highest BCUT2D eigenvalue weighted by molar-refractivity contribution is 4.97. The van der Waals surface area contributed by atoms with Crippen molar-refractivity contribution in [2.45, 2.75) is 44.2 Å². The fourth-order valence-corrected chi connectivity index (χ4v) is 1.98. The van der Waals surface area contributed by atoms with Gasteiger partial charge in [0, 0.05) is 18.6 Å². The molecule has 0 spiro atoms. The fraction of sp³-hybridized carbons (Fsp3) is 1.00. The molecule has 1 unspecified atom stereocenters. The van der Waals surface area contributed by atoms with E-state index in [9.17, 15) is 5.11 Å². The fourth-order valence-electron chi connectivity index (χ4n) is 1.98. The maximum absolute atomic E-state index is 9.41. The molecule has 0 bridgehead atoms. The highest BCUT2D eigenvalue weighted by atomic mass is 16.3. The van der Waals surface area contributed by atoms with Crippen LogP contribution in [-0.4, -0.2) is 48.8 Å². The summed E-state index contributed by atoms with van der Waals surface area (Å²) in [5.41, 5.74) is 0.369. The van der Waals surface area contributed by atoms with Crippen LogP contribution in [0.5, 0.6) is 0 Å². The van der Waals surface area contributed by atoms with Gasteiger partial charge in [-0.3, -0.25) is 0 Å². The Morgan fingerprint density at radius 2 is 2.07 bits per heavy atom. The molecule has 2 N–H and O–H groups in total. The van der Waals surface area contributed by atoms with Crippen molar-refractivity contribution in [3.63, 3.8) is 0 Å². The Morgan fingerprint density at radius 3 is 2.43 bits per heavy atom. The Bertz CT molecular complexity index is 167. The number of likely N-dealkylation sites (N-methyl/N-ethyl adjacent to an activating group) is 1. The lowest BCUT2D eigenvalue weighted by Crippen LogP contribution is -2.57. The quantitative estimate of drug-likeness (QED) is 0.667. The summed E-state index contributed by atoms with van der Waals surface area (Å²) in [7, 11) is 4.30. The number of nitrogens with one attached hydrogen (secondary N) is 1. The smallest absolute Gasteiger partial charge is 0.0662 e. The molecule has 1 fully saturated rings.